The first kappa shape index (κ1) is 23.5. The maximum absolute atomic E-state index is 13.0. The van der Waals surface area contributed by atoms with Crippen LogP contribution in [0.1, 0.15) is 27.7 Å². The van der Waals surface area contributed by atoms with Crippen molar-refractivity contribution in [1.29, 1.82) is 0 Å². The van der Waals surface area contributed by atoms with Gasteiger partial charge in [0, 0.05) is 26.2 Å². The third-order valence-electron chi connectivity index (χ3n) is 4.93. The van der Waals surface area contributed by atoms with Crippen LogP contribution in [0.5, 0.6) is 11.5 Å². The van der Waals surface area contributed by atoms with Crippen molar-refractivity contribution >= 4 is 17.8 Å². The summed E-state index contributed by atoms with van der Waals surface area (Å²) in [5, 5.41) is 2.80. The second kappa shape index (κ2) is 9.95. The van der Waals surface area contributed by atoms with Crippen LogP contribution in [-0.2, 0) is 9.53 Å². The van der Waals surface area contributed by atoms with Gasteiger partial charge in [0.25, 0.3) is 0 Å². The molecule has 0 saturated carbocycles. The molecule has 1 unspecified atom stereocenters. The van der Waals surface area contributed by atoms with Gasteiger partial charge in [-0.3, -0.25) is 9.69 Å². The van der Waals surface area contributed by atoms with Crippen molar-refractivity contribution in [1.82, 2.24) is 14.8 Å². The van der Waals surface area contributed by atoms with Crippen molar-refractivity contribution in [3.05, 3.63) is 48.4 Å². The second-order valence-electron chi connectivity index (χ2n) is 8.60. The fraction of sp³-hybridized carbons (Fsp3) is 0.435. The monoisotopic (exact) mass is 444 g/mol. The average molecular weight is 445 g/mol. The average Bonchev–Trinajstić information content (AvgIpc) is 2.75. The molecule has 0 spiro atoms. The van der Waals surface area contributed by atoms with E-state index in [0.717, 1.165) is 0 Å². The summed E-state index contributed by atoms with van der Waals surface area (Å²) in [6, 6.07) is 8.61. The van der Waals surface area contributed by atoms with Crippen LogP contribution < -0.4 is 10.1 Å². The van der Waals surface area contributed by atoms with Crippen molar-refractivity contribution in [2.24, 2.45) is 0 Å². The molecule has 3 rings (SSSR count). The van der Waals surface area contributed by atoms with Gasteiger partial charge in [-0.1, -0.05) is 0 Å². The highest BCUT2D eigenvalue weighted by molar-refractivity contribution is 5.93. The molecule has 1 saturated heterocycles. The molecular weight excluding hydrogens is 415 g/mol. The second-order valence-corrected chi connectivity index (χ2v) is 8.60. The Morgan fingerprint density at radius 3 is 2.22 bits per heavy atom. The minimum absolute atomic E-state index is 0.185. The molecule has 1 N–H and O–H groups in total. The maximum atomic E-state index is 13.0. The van der Waals surface area contributed by atoms with Gasteiger partial charge in [-0.15, -0.1) is 0 Å². The highest BCUT2D eigenvalue weighted by Crippen LogP contribution is 2.22. The standard InChI is InChI=1S/C23H29FN4O4/c1-16(27-11-13-28(14-12-27)22(30)32-23(2,3)4)21(29)26-20-10-9-19(15-25-20)31-18-7-5-17(24)6-8-18/h5-10,15-16H,11-14H2,1-4H3,(H,25,26,29). The molecule has 1 aliphatic heterocycles. The Balaban J connectivity index is 1.48. The third-order valence-corrected chi connectivity index (χ3v) is 4.93. The molecule has 2 aromatic rings. The smallest absolute Gasteiger partial charge is 0.410 e. The number of anilines is 1. The van der Waals surface area contributed by atoms with Crippen LogP contribution >= 0.6 is 0 Å². The Labute approximate surface area is 187 Å². The number of halogens is 1. The zero-order chi connectivity index (χ0) is 23.3. The van der Waals surface area contributed by atoms with Crippen molar-refractivity contribution < 1.29 is 23.5 Å². The topological polar surface area (TPSA) is 84.0 Å². The lowest BCUT2D eigenvalue weighted by Gasteiger charge is -2.37. The molecule has 1 atom stereocenters. The molecule has 32 heavy (non-hydrogen) atoms. The number of ether oxygens (including phenoxy) is 2. The number of rotatable bonds is 5. The summed E-state index contributed by atoms with van der Waals surface area (Å²) in [6.45, 7) is 9.48. The number of aromatic nitrogens is 1. The Bertz CT molecular complexity index is 921. The zero-order valence-electron chi connectivity index (χ0n) is 18.8. The minimum atomic E-state index is -0.534. The molecular formula is C23H29FN4O4. The molecule has 1 aromatic heterocycles. The van der Waals surface area contributed by atoms with E-state index >= 15 is 0 Å². The van der Waals surface area contributed by atoms with Gasteiger partial charge in [0.2, 0.25) is 5.91 Å². The normalized spacial score (nSPS) is 15.7. The lowest BCUT2D eigenvalue weighted by Crippen LogP contribution is -2.54. The number of carbonyl (C=O) groups is 2. The minimum Gasteiger partial charge on any atom is -0.456 e. The summed E-state index contributed by atoms with van der Waals surface area (Å²) in [6.07, 6.45) is 1.16. The van der Waals surface area contributed by atoms with Crippen LogP contribution in [0, 0.1) is 5.82 Å². The molecule has 1 fully saturated rings. The van der Waals surface area contributed by atoms with Gasteiger partial charge < -0.3 is 19.7 Å². The number of hydrogen-bond acceptors (Lipinski definition) is 6. The summed E-state index contributed by atoms with van der Waals surface area (Å²) < 4.78 is 24.0. The Morgan fingerprint density at radius 2 is 1.66 bits per heavy atom. The van der Waals surface area contributed by atoms with E-state index in [0.29, 0.717) is 43.5 Å². The van der Waals surface area contributed by atoms with E-state index in [1.165, 1.54) is 30.5 Å². The van der Waals surface area contributed by atoms with Crippen LogP contribution in [0.3, 0.4) is 0 Å². The molecule has 1 aromatic carbocycles. The number of amides is 2. The lowest BCUT2D eigenvalue weighted by molar-refractivity contribution is -0.121. The number of carbonyl (C=O) groups excluding carboxylic acids is 2. The highest BCUT2D eigenvalue weighted by atomic mass is 19.1. The number of piperazine rings is 1. The fourth-order valence-corrected chi connectivity index (χ4v) is 3.17. The number of pyridine rings is 1. The Morgan fingerprint density at radius 1 is 1.03 bits per heavy atom. The molecule has 2 amide bonds. The molecule has 0 aliphatic carbocycles. The van der Waals surface area contributed by atoms with Crippen LogP contribution in [-0.4, -0.2) is 64.6 Å². The quantitative estimate of drug-likeness (QED) is 0.753. The number of benzene rings is 1. The molecule has 1 aliphatic rings. The van der Waals surface area contributed by atoms with Crippen LogP contribution in [0.2, 0.25) is 0 Å². The molecule has 0 radical (unpaired) electrons. The third kappa shape index (κ3) is 6.65. The van der Waals surface area contributed by atoms with Crippen LogP contribution in [0.25, 0.3) is 0 Å². The first-order valence-electron chi connectivity index (χ1n) is 10.5. The van der Waals surface area contributed by atoms with E-state index in [-0.39, 0.29) is 23.9 Å². The summed E-state index contributed by atoms with van der Waals surface area (Å²) in [4.78, 5) is 32.7. The van der Waals surface area contributed by atoms with Crippen molar-refractivity contribution in [2.45, 2.75) is 39.3 Å². The van der Waals surface area contributed by atoms with E-state index in [9.17, 15) is 14.0 Å². The predicted molar refractivity (Wildman–Crippen MR) is 118 cm³/mol. The summed E-state index contributed by atoms with van der Waals surface area (Å²) in [7, 11) is 0. The number of hydrogen-bond donors (Lipinski definition) is 1. The zero-order valence-corrected chi connectivity index (χ0v) is 18.8. The summed E-state index contributed by atoms with van der Waals surface area (Å²) >= 11 is 0. The van der Waals surface area contributed by atoms with Gasteiger partial charge in [-0.25, -0.2) is 14.2 Å². The summed E-state index contributed by atoms with van der Waals surface area (Å²) in [5.74, 6) is 0.843. The summed E-state index contributed by atoms with van der Waals surface area (Å²) in [5.41, 5.74) is -0.534. The molecule has 0 bridgehead atoms. The van der Waals surface area contributed by atoms with Crippen molar-refractivity contribution in [3.63, 3.8) is 0 Å². The molecule has 9 heteroatoms. The highest BCUT2D eigenvalue weighted by Gasteiger charge is 2.29. The number of nitrogens with zero attached hydrogens (tertiary/aromatic N) is 3. The van der Waals surface area contributed by atoms with E-state index in [4.69, 9.17) is 9.47 Å². The van der Waals surface area contributed by atoms with E-state index in [1.54, 1.807) is 17.0 Å². The van der Waals surface area contributed by atoms with E-state index < -0.39 is 5.60 Å². The van der Waals surface area contributed by atoms with Gasteiger partial charge in [0.1, 0.15) is 28.7 Å². The van der Waals surface area contributed by atoms with Crippen molar-refractivity contribution in [3.8, 4) is 11.5 Å². The predicted octanol–water partition coefficient (Wildman–Crippen LogP) is 3.89. The SMILES string of the molecule is CC(C(=O)Nc1ccc(Oc2ccc(F)cc2)cn1)N1CCN(C(=O)OC(C)(C)C)CC1. The largest absolute Gasteiger partial charge is 0.456 e. The van der Waals surface area contributed by atoms with Gasteiger partial charge in [-0.05, 0) is 64.1 Å². The van der Waals surface area contributed by atoms with Gasteiger partial charge in [-0.2, -0.15) is 0 Å². The number of nitrogens with one attached hydrogen (secondary N) is 1. The first-order valence-corrected chi connectivity index (χ1v) is 10.5. The van der Waals surface area contributed by atoms with Gasteiger partial charge in [0.05, 0.1) is 12.2 Å². The van der Waals surface area contributed by atoms with Crippen LogP contribution in [0.15, 0.2) is 42.6 Å². The Kier molecular flexibility index (Phi) is 7.29. The van der Waals surface area contributed by atoms with Crippen LogP contribution in [0.4, 0.5) is 15.0 Å². The van der Waals surface area contributed by atoms with E-state index in [2.05, 4.69) is 10.3 Å². The lowest BCUT2D eigenvalue weighted by atomic mass is 10.2. The van der Waals surface area contributed by atoms with Gasteiger partial charge in [0.15, 0.2) is 0 Å². The fourth-order valence-electron chi connectivity index (χ4n) is 3.17. The Hall–Kier alpha value is -3.20. The first-order chi connectivity index (χ1) is 15.1. The molecule has 2 heterocycles. The molecule has 172 valence electrons. The van der Waals surface area contributed by atoms with Crippen molar-refractivity contribution in [2.75, 3.05) is 31.5 Å². The molecule has 8 nitrogen and oxygen atoms in total. The van der Waals surface area contributed by atoms with E-state index in [1.807, 2.05) is 32.6 Å². The maximum Gasteiger partial charge on any atom is 0.410 e. The van der Waals surface area contributed by atoms with Gasteiger partial charge >= 0.3 is 6.09 Å².